The molecule has 40 heavy (non-hydrogen) atoms. The molecule has 0 aliphatic carbocycles. The van der Waals surface area contributed by atoms with E-state index in [0.717, 1.165) is 18.8 Å². The molecule has 3 aromatic rings. The average Bonchev–Trinajstić information content (AvgIpc) is 3.63. The van der Waals surface area contributed by atoms with Gasteiger partial charge in [-0.05, 0) is 38.3 Å². The molecule has 4 heterocycles. The van der Waals surface area contributed by atoms with Crippen molar-refractivity contribution in [3.8, 4) is 17.2 Å². The first-order valence-electron chi connectivity index (χ1n) is 13.0. The van der Waals surface area contributed by atoms with Gasteiger partial charge in [0, 0.05) is 26.3 Å². The van der Waals surface area contributed by atoms with Gasteiger partial charge in [0.25, 0.3) is 0 Å². The molecule has 15 heteroatoms. The minimum atomic E-state index is -4.06. The highest BCUT2D eigenvalue weighted by atomic mass is 32.2. The molecule has 1 aromatic carbocycles. The van der Waals surface area contributed by atoms with Crippen molar-refractivity contribution < 1.29 is 31.8 Å². The zero-order valence-corrected chi connectivity index (χ0v) is 23.3. The maximum Gasteiger partial charge on any atom is 0.243 e. The Hall–Kier alpha value is -3.56. The summed E-state index contributed by atoms with van der Waals surface area (Å²) in [5.41, 5.74) is 0.442. The van der Waals surface area contributed by atoms with Crippen LogP contribution in [0.4, 0.5) is 16.3 Å². The van der Waals surface area contributed by atoms with E-state index in [1.807, 2.05) is 6.92 Å². The Balaban J connectivity index is 1.52. The predicted octanol–water partition coefficient (Wildman–Crippen LogP) is 2.49. The highest BCUT2D eigenvalue weighted by Gasteiger charge is 2.39. The van der Waals surface area contributed by atoms with Gasteiger partial charge in [-0.15, -0.1) is 10.2 Å². The second-order valence-electron chi connectivity index (χ2n) is 9.42. The van der Waals surface area contributed by atoms with E-state index >= 15 is 0 Å². The fraction of sp³-hybridized carbons (Fsp3) is 0.520. The van der Waals surface area contributed by atoms with Gasteiger partial charge in [-0.3, -0.25) is 9.29 Å². The van der Waals surface area contributed by atoms with Crippen molar-refractivity contribution in [3.05, 3.63) is 42.2 Å². The number of sulfonamides is 1. The Morgan fingerprint density at radius 3 is 2.48 bits per heavy atom. The number of piperidine rings is 1. The fourth-order valence-electron chi connectivity index (χ4n) is 5.06. The second-order valence-corrected chi connectivity index (χ2v) is 11.4. The minimum Gasteiger partial charge on any atom is -0.494 e. The van der Waals surface area contributed by atoms with Gasteiger partial charge in [0.15, 0.2) is 11.6 Å². The number of hydrogen-bond donors (Lipinski definition) is 1. The van der Waals surface area contributed by atoms with Gasteiger partial charge >= 0.3 is 0 Å². The third-order valence-corrected chi connectivity index (χ3v) is 8.56. The van der Waals surface area contributed by atoms with Crippen LogP contribution in [0.2, 0.25) is 0 Å². The number of benzene rings is 1. The normalized spacial score (nSPS) is 21.4. The number of methoxy groups -OCH3 is 2. The van der Waals surface area contributed by atoms with E-state index in [2.05, 4.69) is 24.9 Å². The van der Waals surface area contributed by atoms with E-state index in [1.54, 1.807) is 27.7 Å². The molecule has 5 rings (SSSR count). The lowest BCUT2D eigenvalue weighted by molar-refractivity contribution is 0.0531. The lowest BCUT2D eigenvalue weighted by Crippen LogP contribution is -2.51. The van der Waals surface area contributed by atoms with Gasteiger partial charge in [0.1, 0.15) is 28.5 Å². The molecule has 13 nitrogen and oxygen atoms in total. The number of halogens is 1. The lowest BCUT2D eigenvalue weighted by atomic mass is 10.1. The van der Waals surface area contributed by atoms with Crippen LogP contribution in [0, 0.1) is 5.82 Å². The van der Waals surface area contributed by atoms with Gasteiger partial charge in [-0.25, -0.2) is 22.8 Å². The largest absolute Gasteiger partial charge is 0.494 e. The summed E-state index contributed by atoms with van der Waals surface area (Å²) in [6, 6.07) is 5.25. The molecule has 3 atom stereocenters. The molecule has 0 bridgehead atoms. The lowest BCUT2D eigenvalue weighted by Gasteiger charge is -2.37. The Kier molecular flexibility index (Phi) is 8.32. The first-order valence-corrected chi connectivity index (χ1v) is 14.5. The Morgan fingerprint density at radius 1 is 1.12 bits per heavy atom. The molecular formula is C25H32FN7O6S. The van der Waals surface area contributed by atoms with Crippen LogP contribution in [0.5, 0.6) is 11.5 Å². The van der Waals surface area contributed by atoms with Crippen LogP contribution >= 0.6 is 0 Å². The molecule has 1 N–H and O–H groups in total. The summed E-state index contributed by atoms with van der Waals surface area (Å²) in [6.07, 6.45) is 3.06. The molecule has 2 aromatic heterocycles. The summed E-state index contributed by atoms with van der Waals surface area (Å²) >= 11 is 0. The Bertz CT molecular complexity index is 1390. The Labute approximate surface area is 231 Å². The number of rotatable bonds is 10. The van der Waals surface area contributed by atoms with Crippen molar-refractivity contribution in [2.75, 3.05) is 50.1 Å². The van der Waals surface area contributed by atoms with Crippen molar-refractivity contribution in [1.82, 2.24) is 24.7 Å². The molecule has 0 radical (unpaired) electrons. The summed E-state index contributed by atoms with van der Waals surface area (Å²) in [6.45, 7) is 3.23. The maximum absolute atomic E-state index is 13.9. The van der Waals surface area contributed by atoms with Crippen LogP contribution in [0.1, 0.15) is 38.1 Å². The van der Waals surface area contributed by atoms with E-state index in [4.69, 9.17) is 18.9 Å². The van der Waals surface area contributed by atoms with Crippen molar-refractivity contribution in [2.45, 2.75) is 43.6 Å². The van der Waals surface area contributed by atoms with E-state index < -0.39 is 27.2 Å². The van der Waals surface area contributed by atoms with E-state index in [9.17, 15) is 12.8 Å². The third kappa shape index (κ3) is 5.67. The highest BCUT2D eigenvalue weighted by Crippen LogP contribution is 2.39. The first-order chi connectivity index (χ1) is 19.3. The zero-order valence-electron chi connectivity index (χ0n) is 22.5. The van der Waals surface area contributed by atoms with E-state index in [-0.39, 0.29) is 31.0 Å². The third-order valence-electron chi connectivity index (χ3n) is 6.87. The quantitative estimate of drug-likeness (QED) is 0.380. The van der Waals surface area contributed by atoms with Crippen LogP contribution in [0.3, 0.4) is 0 Å². The van der Waals surface area contributed by atoms with Crippen LogP contribution < -0.4 is 19.1 Å². The number of aromatic nitrogens is 5. The van der Waals surface area contributed by atoms with Crippen LogP contribution in [-0.2, 0) is 19.5 Å². The number of ether oxygens (including phenoxy) is 4. The number of hydrogen-bond acceptors (Lipinski definition) is 11. The van der Waals surface area contributed by atoms with Crippen molar-refractivity contribution in [1.29, 1.82) is 0 Å². The van der Waals surface area contributed by atoms with Crippen LogP contribution in [0.25, 0.3) is 5.69 Å². The number of nitrogens with zero attached hydrogens (tertiary/aromatic N) is 6. The predicted molar refractivity (Wildman–Crippen MR) is 143 cm³/mol. The molecule has 0 saturated carbocycles. The maximum atomic E-state index is 13.9. The molecular weight excluding hydrogens is 545 g/mol. The van der Waals surface area contributed by atoms with Gasteiger partial charge in [-0.1, -0.05) is 6.07 Å². The van der Waals surface area contributed by atoms with Gasteiger partial charge in [0.05, 0.1) is 32.7 Å². The Morgan fingerprint density at radius 2 is 1.85 bits per heavy atom. The summed E-state index contributed by atoms with van der Waals surface area (Å²) in [5, 5.41) is 7.63. The first kappa shape index (κ1) is 28.0. The van der Waals surface area contributed by atoms with Crippen molar-refractivity contribution in [3.63, 3.8) is 0 Å². The molecule has 0 unspecified atom stereocenters. The van der Waals surface area contributed by atoms with E-state index in [0.29, 0.717) is 49.2 Å². The van der Waals surface area contributed by atoms with Crippen molar-refractivity contribution >= 4 is 21.9 Å². The zero-order chi connectivity index (χ0) is 28.3. The van der Waals surface area contributed by atoms with Crippen LogP contribution in [0.15, 0.2) is 30.6 Å². The second kappa shape index (κ2) is 11.9. The molecule has 2 saturated heterocycles. The molecule has 0 spiro atoms. The number of para-hydroxylation sites is 1. The standard InChI is InChI=1S/C25H32FN7O6S/c1-4-38-17-11-18(15-32(14-17)24-27-12-16(26)13-28-24)40(34,35)31-25-30-29-23(21-9-6-10-39-21)33(25)22-19(36-2)7-5-8-20(22)37-3/h5,7-8,12-13,17-18,21H,4,6,9-11,14-15H2,1-3H3,(H,30,31)/t17-,18+,21+/m1/s1. The molecule has 2 aliphatic heterocycles. The van der Waals surface area contributed by atoms with Gasteiger partial charge in [-0.2, -0.15) is 0 Å². The summed E-state index contributed by atoms with van der Waals surface area (Å²) in [5.74, 6) is 0.904. The number of anilines is 2. The highest BCUT2D eigenvalue weighted by molar-refractivity contribution is 7.93. The van der Waals surface area contributed by atoms with Gasteiger partial charge in [0.2, 0.25) is 21.9 Å². The van der Waals surface area contributed by atoms with Crippen molar-refractivity contribution in [2.24, 2.45) is 0 Å². The molecule has 2 aliphatic rings. The smallest absolute Gasteiger partial charge is 0.243 e. The molecule has 216 valence electrons. The monoisotopic (exact) mass is 577 g/mol. The SMILES string of the molecule is CCO[C@@H]1C[C@H](S(=O)(=O)Nc2nnc([C@@H]3CCCO3)n2-c2c(OC)cccc2OC)CN(c2ncc(F)cn2)C1. The number of nitrogens with one attached hydrogen (secondary N) is 1. The molecule has 0 amide bonds. The summed E-state index contributed by atoms with van der Waals surface area (Å²) < 4.78 is 68.4. The topological polar surface area (TPSA) is 143 Å². The van der Waals surface area contributed by atoms with Crippen LogP contribution in [-0.4, -0.2) is 85.0 Å². The summed E-state index contributed by atoms with van der Waals surface area (Å²) in [7, 11) is -1.04. The fourth-order valence-corrected chi connectivity index (χ4v) is 6.45. The minimum absolute atomic E-state index is 0.0311. The molecule has 2 fully saturated rings. The van der Waals surface area contributed by atoms with Gasteiger partial charge < -0.3 is 23.8 Å². The average molecular weight is 578 g/mol. The summed E-state index contributed by atoms with van der Waals surface area (Å²) in [4.78, 5) is 9.75. The van der Waals surface area contributed by atoms with E-state index in [1.165, 1.54) is 14.2 Å².